The molecule has 0 aromatic heterocycles. The molecule has 0 spiro atoms. The number of halogens is 4. The summed E-state index contributed by atoms with van der Waals surface area (Å²) in [6, 6.07) is 3.02. The van der Waals surface area contributed by atoms with E-state index in [1.807, 2.05) is 0 Å². The van der Waals surface area contributed by atoms with E-state index in [2.05, 4.69) is 4.74 Å². The van der Waals surface area contributed by atoms with E-state index in [4.69, 9.17) is 14.0 Å². The normalized spacial score (nSPS) is 17.4. The van der Waals surface area contributed by atoms with Gasteiger partial charge in [0.05, 0.1) is 13.2 Å². The Labute approximate surface area is 112 Å². The lowest BCUT2D eigenvalue weighted by molar-refractivity contribution is -0.275. The average molecular weight is 294 g/mol. The van der Waals surface area contributed by atoms with Gasteiger partial charge in [-0.05, 0) is 17.6 Å². The van der Waals surface area contributed by atoms with Gasteiger partial charge in [-0.15, -0.1) is 13.2 Å². The van der Waals surface area contributed by atoms with Crippen molar-refractivity contribution in [2.24, 2.45) is 0 Å². The number of benzene rings is 1. The highest BCUT2D eigenvalue weighted by Crippen LogP contribution is 2.24. The molecule has 0 aliphatic carbocycles. The molecule has 0 saturated carbocycles. The summed E-state index contributed by atoms with van der Waals surface area (Å²) in [5.41, 5.74) is 0.270. The van der Waals surface area contributed by atoms with Crippen LogP contribution in [0.1, 0.15) is 0 Å². The zero-order valence-electron chi connectivity index (χ0n) is 10.4. The predicted octanol–water partition coefficient (Wildman–Crippen LogP) is 1.48. The standard InChI is InChI=1S/C11H11BF4O4/c1-17-8-5-18-12(19-6-8)7-2-3-10(9(13)4-7)20-11(14,15)16/h2-4,8H,5-6H2,1H3. The molecular formula is C11H11BF4O4. The Morgan fingerprint density at radius 2 is 1.90 bits per heavy atom. The quantitative estimate of drug-likeness (QED) is 0.625. The van der Waals surface area contributed by atoms with Crippen molar-refractivity contribution in [1.29, 1.82) is 0 Å². The molecule has 2 rings (SSSR count). The van der Waals surface area contributed by atoms with Gasteiger partial charge in [-0.1, -0.05) is 6.07 Å². The maximum absolute atomic E-state index is 13.5. The summed E-state index contributed by atoms with van der Waals surface area (Å²) in [6.07, 6.45) is -5.16. The Kier molecular flexibility index (Phi) is 4.51. The molecule has 0 bridgehead atoms. The molecule has 1 aliphatic heterocycles. The molecule has 1 heterocycles. The molecule has 20 heavy (non-hydrogen) atoms. The van der Waals surface area contributed by atoms with Crippen LogP contribution >= 0.6 is 0 Å². The lowest BCUT2D eigenvalue weighted by atomic mass is 9.78. The number of rotatable bonds is 3. The first kappa shape index (κ1) is 15.1. The van der Waals surface area contributed by atoms with Crippen molar-refractivity contribution >= 4 is 12.6 Å². The van der Waals surface area contributed by atoms with Gasteiger partial charge in [0, 0.05) is 7.11 Å². The van der Waals surface area contributed by atoms with Crippen LogP contribution in [0.25, 0.3) is 0 Å². The topological polar surface area (TPSA) is 36.9 Å². The summed E-state index contributed by atoms with van der Waals surface area (Å²) in [4.78, 5) is 0. The molecule has 0 atom stereocenters. The van der Waals surface area contributed by atoms with E-state index < -0.39 is 25.0 Å². The molecule has 1 aromatic carbocycles. The van der Waals surface area contributed by atoms with Crippen LogP contribution in [0.5, 0.6) is 5.75 Å². The van der Waals surface area contributed by atoms with Gasteiger partial charge in [-0.2, -0.15) is 0 Å². The Bertz CT molecular complexity index is 460. The van der Waals surface area contributed by atoms with Gasteiger partial charge in [0.25, 0.3) is 0 Å². The van der Waals surface area contributed by atoms with Gasteiger partial charge >= 0.3 is 13.5 Å². The van der Waals surface area contributed by atoms with Crippen molar-refractivity contribution in [3.8, 4) is 5.75 Å². The number of hydrogen-bond donors (Lipinski definition) is 0. The van der Waals surface area contributed by atoms with Crippen molar-refractivity contribution < 1.29 is 36.3 Å². The number of ether oxygens (including phenoxy) is 2. The van der Waals surface area contributed by atoms with Gasteiger partial charge in [0.2, 0.25) is 0 Å². The lowest BCUT2D eigenvalue weighted by Gasteiger charge is -2.26. The predicted molar refractivity (Wildman–Crippen MR) is 61.2 cm³/mol. The van der Waals surface area contributed by atoms with Crippen LogP contribution in [0.3, 0.4) is 0 Å². The van der Waals surface area contributed by atoms with Crippen LogP contribution in [-0.2, 0) is 14.0 Å². The lowest BCUT2D eigenvalue weighted by Crippen LogP contribution is -2.46. The van der Waals surface area contributed by atoms with Crippen molar-refractivity contribution in [3.63, 3.8) is 0 Å². The second-order valence-electron chi connectivity index (χ2n) is 4.09. The molecule has 1 aromatic rings. The second-order valence-corrected chi connectivity index (χ2v) is 4.09. The fourth-order valence-corrected chi connectivity index (χ4v) is 1.69. The largest absolute Gasteiger partial charge is 0.573 e. The van der Waals surface area contributed by atoms with E-state index in [9.17, 15) is 17.6 Å². The van der Waals surface area contributed by atoms with E-state index in [-0.39, 0.29) is 24.8 Å². The molecule has 0 N–H and O–H groups in total. The van der Waals surface area contributed by atoms with Crippen LogP contribution in [0.2, 0.25) is 0 Å². The maximum atomic E-state index is 13.5. The van der Waals surface area contributed by atoms with Gasteiger partial charge in [-0.3, -0.25) is 0 Å². The molecule has 9 heteroatoms. The maximum Gasteiger partial charge on any atom is 0.573 e. The smallest absolute Gasteiger partial charge is 0.404 e. The van der Waals surface area contributed by atoms with E-state index in [1.54, 1.807) is 0 Å². The molecule has 1 saturated heterocycles. The summed E-state index contributed by atoms with van der Waals surface area (Å²) in [5.74, 6) is -2.03. The van der Waals surface area contributed by atoms with E-state index in [0.717, 1.165) is 12.1 Å². The van der Waals surface area contributed by atoms with Crippen molar-refractivity contribution in [2.75, 3.05) is 20.3 Å². The first-order valence-corrected chi connectivity index (χ1v) is 5.70. The summed E-state index contributed by atoms with van der Waals surface area (Å²) in [6.45, 7) is 0.507. The first-order valence-electron chi connectivity index (χ1n) is 5.70. The molecule has 110 valence electrons. The van der Waals surface area contributed by atoms with Gasteiger partial charge < -0.3 is 18.8 Å². The second kappa shape index (κ2) is 5.98. The summed E-state index contributed by atoms with van der Waals surface area (Å²) in [5, 5.41) is 0. The minimum atomic E-state index is -4.94. The number of alkyl halides is 3. The Hall–Kier alpha value is -1.32. The third-order valence-electron chi connectivity index (χ3n) is 2.65. The molecular weight excluding hydrogens is 283 g/mol. The summed E-state index contributed by atoms with van der Waals surface area (Å²) in [7, 11) is 0.663. The number of methoxy groups -OCH3 is 1. The zero-order chi connectivity index (χ0) is 14.8. The van der Waals surface area contributed by atoms with Gasteiger partial charge in [-0.25, -0.2) is 4.39 Å². The van der Waals surface area contributed by atoms with Crippen LogP contribution in [0.15, 0.2) is 18.2 Å². The highest BCUT2D eigenvalue weighted by atomic mass is 19.4. The summed E-state index contributed by atoms with van der Waals surface area (Å²) >= 11 is 0. The first-order chi connectivity index (χ1) is 9.39. The van der Waals surface area contributed by atoms with Crippen LogP contribution in [0.4, 0.5) is 17.6 Å². The van der Waals surface area contributed by atoms with Crippen LogP contribution in [0, 0.1) is 5.82 Å². The molecule has 0 radical (unpaired) electrons. The van der Waals surface area contributed by atoms with Crippen molar-refractivity contribution in [1.82, 2.24) is 0 Å². The Balaban J connectivity index is 2.06. The summed E-state index contributed by atoms with van der Waals surface area (Å²) < 4.78 is 68.6. The van der Waals surface area contributed by atoms with E-state index in [0.29, 0.717) is 0 Å². The SMILES string of the molecule is COC1COB(c2ccc(OC(F)(F)F)c(F)c2)OC1. The fraction of sp³-hybridized carbons (Fsp3) is 0.455. The zero-order valence-corrected chi connectivity index (χ0v) is 10.4. The highest BCUT2D eigenvalue weighted by Gasteiger charge is 2.34. The average Bonchev–Trinajstić information content (AvgIpc) is 2.40. The molecule has 0 unspecified atom stereocenters. The van der Waals surface area contributed by atoms with Crippen molar-refractivity contribution in [3.05, 3.63) is 24.0 Å². The highest BCUT2D eigenvalue weighted by molar-refractivity contribution is 6.61. The van der Waals surface area contributed by atoms with Crippen LogP contribution < -0.4 is 10.2 Å². The van der Waals surface area contributed by atoms with Gasteiger partial charge in [0.15, 0.2) is 11.6 Å². The van der Waals surface area contributed by atoms with Crippen molar-refractivity contribution in [2.45, 2.75) is 12.5 Å². The fourth-order valence-electron chi connectivity index (χ4n) is 1.69. The number of hydrogen-bond acceptors (Lipinski definition) is 4. The molecule has 0 amide bonds. The van der Waals surface area contributed by atoms with E-state index in [1.165, 1.54) is 13.2 Å². The van der Waals surface area contributed by atoms with Gasteiger partial charge in [0.1, 0.15) is 6.10 Å². The molecule has 4 nitrogen and oxygen atoms in total. The molecule has 1 fully saturated rings. The minimum absolute atomic E-state index is 0.219. The third-order valence-corrected chi connectivity index (χ3v) is 2.65. The van der Waals surface area contributed by atoms with E-state index >= 15 is 0 Å². The van der Waals surface area contributed by atoms with Crippen LogP contribution in [-0.4, -0.2) is 39.9 Å². The Morgan fingerprint density at radius 3 is 2.40 bits per heavy atom. The Morgan fingerprint density at radius 1 is 1.25 bits per heavy atom. The monoisotopic (exact) mass is 294 g/mol. The minimum Gasteiger partial charge on any atom is -0.404 e. The third kappa shape index (κ3) is 3.84. The molecule has 1 aliphatic rings.